The van der Waals surface area contributed by atoms with Crippen LogP contribution in [0.25, 0.3) is 0 Å². The topological polar surface area (TPSA) is 237 Å². The Hall–Kier alpha value is -1.94. The third-order valence-corrected chi connectivity index (χ3v) is 18.9. The maximum atomic E-state index is 13.0. The molecule has 540 valence electrons. The minimum atomic E-state index is -4.95. The second-order valence-corrected chi connectivity index (χ2v) is 30.1. The third-order valence-electron chi connectivity index (χ3n) is 17.0. The van der Waals surface area contributed by atoms with Crippen molar-refractivity contribution in [2.24, 2.45) is 17.8 Å². The normalized spacial score (nSPS) is 14.5. The molecule has 17 nitrogen and oxygen atoms in total. The highest BCUT2D eigenvalue weighted by Gasteiger charge is 2.30. The summed E-state index contributed by atoms with van der Waals surface area (Å²) in [7, 11) is -9.90. The molecule has 0 fully saturated rings. The summed E-state index contributed by atoms with van der Waals surface area (Å²) in [6.07, 6.45) is 47.1. The van der Waals surface area contributed by atoms with E-state index in [1.165, 1.54) is 173 Å². The summed E-state index contributed by atoms with van der Waals surface area (Å²) >= 11 is 0. The number of hydrogen-bond donors (Lipinski definition) is 3. The van der Waals surface area contributed by atoms with E-state index < -0.39 is 97.5 Å². The quantitative estimate of drug-likeness (QED) is 0.0222. The van der Waals surface area contributed by atoms with Crippen LogP contribution in [-0.2, 0) is 65.4 Å². The largest absolute Gasteiger partial charge is 0.472 e. The van der Waals surface area contributed by atoms with Crippen LogP contribution in [0.15, 0.2) is 0 Å². The van der Waals surface area contributed by atoms with Gasteiger partial charge in [-0.3, -0.25) is 37.3 Å². The Morgan fingerprint density at radius 2 is 0.560 bits per heavy atom. The summed E-state index contributed by atoms with van der Waals surface area (Å²) < 4.78 is 68.3. The van der Waals surface area contributed by atoms with Crippen LogP contribution in [0.5, 0.6) is 0 Å². The molecular formula is C72H140O17P2. The second kappa shape index (κ2) is 62.8. The highest BCUT2D eigenvalue weighted by Crippen LogP contribution is 2.45. The van der Waals surface area contributed by atoms with Crippen molar-refractivity contribution < 1.29 is 80.2 Å². The molecule has 0 aromatic carbocycles. The number of rotatable bonds is 70. The number of esters is 4. The Bertz CT molecular complexity index is 1790. The number of phosphoric ester groups is 2. The molecule has 0 aliphatic heterocycles. The number of carbonyl (C=O) groups is 4. The van der Waals surface area contributed by atoms with Crippen LogP contribution < -0.4 is 0 Å². The predicted molar refractivity (Wildman–Crippen MR) is 368 cm³/mol. The van der Waals surface area contributed by atoms with Crippen LogP contribution in [0, 0.1) is 17.8 Å². The standard InChI is InChI=1S/C72H140O17P2/c1-8-10-11-12-13-22-32-39-46-53-69(74)82-59-68(89-72(77)56-49-42-35-28-27-31-38-45-52-65(7)9-2)62-87-91(80,81)85-58-66(73)57-84-90(78,79)86-61-67(60-83-70(75)54-47-40-33-25-21-20-24-30-37-44-51-64(5)6)88-71(76)55-48-41-34-26-19-17-15-14-16-18-23-29-36-43-50-63(3)4/h63-68,73H,8-62H2,1-7H3,(H,78,79)(H,80,81)/t65?,66-,67-,68-/m1/s1. The molecule has 0 rings (SSSR count). The zero-order valence-corrected chi connectivity index (χ0v) is 61.1. The van der Waals surface area contributed by atoms with Crippen LogP contribution in [0.4, 0.5) is 0 Å². The number of aliphatic hydroxyl groups is 1. The van der Waals surface area contributed by atoms with Gasteiger partial charge in [0, 0.05) is 25.7 Å². The van der Waals surface area contributed by atoms with Gasteiger partial charge in [-0.15, -0.1) is 0 Å². The Balaban J connectivity index is 5.24. The third kappa shape index (κ3) is 65.1. The van der Waals surface area contributed by atoms with Gasteiger partial charge in [0.25, 0.3) is 0 Å². The highest BCUT2D eigenvalue weighted by molar-refractivity contribution is 7.47. The van der Waals surface area contributed by atoms with Gasteiger partial charge in [-0.05, 0) is 43.4 Å². The van der Waals surface area contributed by atoms with Gasteiger partial charge in [-0.1, -0.05) is 312 Å². The Kier molecular flexibility index (Phi) is 61.5. The molecule has 0 bridgehead atoms. The van der Waals surface area contributed by atoms with E-state index in [1.807, 2.05) is 0 Å². The average Bonchev–Trinajstić information content (AvgIpc) is 2.50. The number of phosphoric acid groups is 2. The van der Waals surface area contributed by atoms with Gasteiger partial charge in [-0.25, -0.2) is 9.13 Å². The first kappa shape index (κ1) is 89.1. The molecule has 91 heavy (non-hydrogen) atoms. The molecule has 0 spiro atoms. The summed E-state index contributed by atoms with van der Waals surface area (Å²) in [6.45, 7) is 11.9. The molecule has 0 aromatic rings. The number of ether oxygens (including phenoxy) is 4. The molecule has 0 heterocycles. The van der Waals surface area contributed by atoms with Gasteiger partial charge < -0.3 is 33.8 Å². The maximum absolute atomic E-state index is 13.0. The smallest absolute Gasteiger partial charge is 0.462 e. The molecule has 0 saturated carbocycles. The molecule has 19 heteroatoms. The number of aliphatic hydroxyl groups excluding tert-OH is 1. The molecular weight excluding hydrogens is 1200 g/mol. The Labute approximate surface area is 556 Å². The number of hydrogen-bond acceptors (Lipinski definition) is 15. The van der Waals surface area contributed by atoms with Crippen LogP contribution in [0.2, 0.25) is 0 Å². The van der Waals surface area contributed by atoms with Crippen molar-refractivity contribution >= 4 is 39.5 Å². The first-order chi connectivity index (χ1) is 43.8. The molecule has 0 aliphatic carbocycles. The van der Waals surface area contributed by atoms with Crippen molar-refractivity contribution in [3.8, 4) is 0 Å². The lowest BCUT2D eigenvalue weighted by atomic mass is 9.99. The molecule has 0 radical (unpaired) electrons. The van der Waals surface area contributed by atoms with Gasteiger partial charge in [0.2, 0.25) is 0 Å². The summed E-state index contributed by atoms with van der Waals surface area (Å²) in [5.74, 6) is 0.198. The fraction of sp³-hybridized carbons (Fsp3) is 0.944. The van der Waals surface area contributed by atoms with Crippen molar-refractivity contribution in [2.45, 2.75) is 381 Å². The minimum Gasteiger partial charge on any atom is -0.462 e. The molecule has 3 N–H and O–H groups in total. The zero-order chi connectivity index (χ0) is 67.3. The SMILES string of the molecule is CCCCCCCCCCCC(=O)OC[C@H](COP(=O)(O)OC[C@H](O)COP(=O)(O)OC[C@@H](COC(=O)CCCCCCCCCCCCC(C)C)OC(=O)CCCCCCCCCCCCCCCCC(C)C)OC(=O)CCCCCCCCCCC(C)CC. The molecule has 3 unspecified atom stereocenters. The van der Waals surface area contributed by atoms with Crippen LogP contribution in [0.3, 0.4) is 0 Å². The monoisotopic (exact) mass is 1340 g/mol. The van der Waals surface area contributed by atoms with Gasteiger partial charge in [0.05, 0.1) is 26.4 Å². The summed E-state index contributed by atoms with van der Waals surface area (Å²) in [5, 5.41) is 10.6. The molecule has 0 amide bonds. The molecule has 0 aliphatic rings. The maximum Gasteiger partial charge on any atom is 0.472 e. The van der Waals surface area contributed by atoms with Crippen molar-refractivity contribution in [3.63, 3.8) is 0 Å². The molecule has 0 saturated heterocycles. The van der Waals surface area contributed by atoms with E-state index in [1.54, 1.807) is 0 Å². The lowest BCUT2D eigenvalue weighted by Gasteiger charge is -2.21. The van der Waals surface area contributed by atoms with Crippen LogP contribution in [-0.4, -0.2) is 96.7 Å². The first-order valence-corrected chi connectivity index (χ1v) is 40.4. The van der Waals surface area contributed by atoms with Crippen molar-refractivity contribution in [1.82, 2.24) is 0 Å². The lowest BCUT2D eigenvalue weighted by Crippen LogP contribution is -2.30. The summed E-state index contributed by atoms with van der Waals surface area (Å²) in [6, 6.07) is 0. The van der Waals surface area contributed by atoms with Crippen molar-refractivity contribution in [1.29, 1.82) is 0 Å². The second-order valence-electron chi connectivity index (χ2n) is 27.2. The fourth-order valence-electron chi connectivity index (χ4n) is 10.9. The predicted octanol–water partition coefficient (Wildman–Crippen LogP) is 20.6. The number of unbranched alkanes of at least 4 members (excludes halogenated alkanes) is 37. The zero-order valence-electron chi connectivity index (χ0n) is 59.3. The molecule has 0 aromatic heterocycles. The van der Waals surface area contributed by atoms with Crippen molar-refractivity contribution in [2.75, 3.05) is 39.6 Å². The van der Waals surface area contributed by atoms with Gasteiger partial charge in [0.1, 0.15) is 19.3 Å². The van der Waals surface area contributed by atoms with E-state index in [4.69, 9.17) is 37.0 Å². The van der Waals surface area contributed by atoms with E-state index in [0.29, 0.717) is 25.7 Å². The summed E-state index contributed by atoms with van der Waals surface area (Å²) in [4.78, 5) is 72.6. The lowest BCUT2D eigenvalue weighted by molar-refractivity contribution is -0.161. The average molecular weight is 1340 g/mol. The van der Waals surface area contributed by atoms with Crippen LogP contribution >= 0.6 is 15.6 Å². The van der Waals surface area contributed by atoms with Gasteiger partial charge in [-0.2, -0.15) is 0 Å². The van der Waals surface area contributed by atoms with E-state index in [2.05, 4.69) is 48.5 Å². The van der Waals surface area contributed by atoms with E-state index >= 15 is 0 Å². The highest BCUT2D eigenvalue weighted by atomic mass is 31.2. The van der Waals surface area contributed by atoms with Gasteiger partial charge in [0.15, 0.2) is 12.2 Å². The fourth-order valence-corrected chi connectivity index (χ4v) is 12.4. The summed E-state index contributed by atoms with van der Waals surface area (Å²) in [5.41, 5.74) is 0. The minimum absolute atomic E-state index is 0.105. The molecule has 6 atom stereocenters. The van der Waals surface area contributed by atoms with Crippen LogP contribution in [0.1, 0.15) is 363 Å². The number of carbonyl (C=O) groups excluding carboxylic acids is 4. The Morgan fingerprint density at radius 3 is 0.835 bits per heavy atom. The van der Waals surface area contributed by atoms with Gasteiger partial charge >= 0.3 is 39.5 Å². The van der Waals surface area contributed by atoms with E-state index in [0.717, 1.165) is 108 Å². The van der Waals surface area contributed by atoms with Crippen molar-refractivity contribution in [3.05, 3.63) is 0 Å². The first-order valence-electron chi connectivity index (χ1n) is 37.4. The Morgan fingerprint density at radius 1 is 0.319 bits per heavy atom. The van der Waals surface area contributed by atoms with E-state index in [-0.39, 0.29) is 25.7 Å². The van der Waals surface area contributed by atoms with E-state index in [9.17, 15) is 43.2 Å².